The first-order chi connectivity index (χ1) is 12.1. The molecular formula is C20H22N2O3. The van der Waals surface area contributed by atoms with Gasteiger partial charge in [0.1, 0.15) is 11.3 Å². The molecule has 0 saturated heterocycles. The van der Waals surface area contributed by atoms with Gasteiger partial charge in [-0.2, -0.15) is 0 Å². The first-order valence-electron chi connectivity index (χ1n) is 8.40. The van der Waals surface area contributed by atoms with Gasteiger partial charge in [0.2, 0.25) is 5.91 Å². The van der Waals surface area contributed by atoms with Crippen LogP contribution in [0.2, 0.25) is 0 Å². The SMILES string of the molecule is COc1ccc(CCC(=O)NCCc2ccc3nc(C)oc3c2)cc1. The quantitative estimate of drug-likeness (QED) is 0.717. The smallest absolute Gasteiger partial charge is 0.220 e. The number of hydrogen-bond donors (Lipinski definition) is 1. The second-order valence-corrected chi connectivity index (χ2v) is 5.98. The lowest BCUT2D eigenvalue weighted by molar-refractivity contribution is -0.121. The van der Waals surface area contributed by atoms with Gasteiger partial charge in [-0.1, -0.05) is 18.2 Å². The van der Waals surface area contributed by atoms with E-state index in [9.17, 15) is 4.79 Å². The van der Waals surface area contributed by atoms with Gasteiger partial charge >= 0.3 is 0 Å². The van der Waals surface area contributed by atoms with Crippen LogP contribution in [0.15, 0.2) is 46.9 Å². The molecule has 0 unspecified atom stereocenters. The number of amides is 1. The van der Waals surface area contributed by atoms with Gasteiger partial charge in [-0.25, -0.2) is 4.98 Å². The number of rotatable bonds is 7. The molecule has 0 atom stereocenters. The van der Waals surface area contributed by atoms with E-state index in [0.29, 0.717) is 18.9 Å². The third kappa shape index (κ3) is 4.59. The van der Waals surface area contributed by atoms with E-state index in [-0.39, 0.29) is 5.91 Å². The summed E-state index contributed by atoms with van der Waals surface area (Å²) in [6.45, 7) is 2.45. The molecule has 0 aliphatic heterocycles. The largest absolute Gasteiger partial charge is 0.497 e. The third-order valence-electron chi connectivity index (χ3n) is 4.10. The Hall–Kier alpha value is -2.82. The summed E-state index contributed by atoms with van der Waals surface area (Å²) in [6, 6.07) is 13.8. The van der Waals surface area contributed by atoms with Crippen molar-refractivity contribution in [3.05, 3.63) is 59.5 Å². The molecule has 5 heteroatoms. The van der Waals surface area contributed by atoms with Crippen LogP contribution >= 0.6 is 0 Å². The molecule has 3 aromatic rings. The summed E-state index contributed by atoms with van der Waals surface area (Å²) in [5, 5.41) is 2.97. The Morgan fingerprint density at radius 1 is 1.12 bits per heavy atom. The minimum absolute atomic E-state index is 0.0624. The molecule has 1 heterocycles. The summed E-state index contributed by atoms with van der Waals surface area (Å²) < 4.78 is 10.7. The molecule has 0 aliphatic carbocycles. The maximum Gasteiger partial charge on any atom is 0.220 e. The molecular weight excluding hydrogens is 316 g/mol. The van der Waals surface area contributed by atoms with Gasteiger partial charge < -0.3 is 14.5 Å². The van der Waals surface area contributed by atoms with E-state index in [1.54, 1.807) is 7.11 Å². The molecule has 3 rings (SSSR count). The lowest BCUT2D eigenvalue weighted by Crippen LogP contribution is -2.25. The highest BCUT2D eigenvalue weighted by Crippen LogP contribution is 2.17. The van der Waals surface area contributed by atoms with Crippen molar-refractivity contribution in [2.24, 2.45) is 0 Å². The fourth-order valence-electron chi connectivity index (χ4n) is 2.72. The van der Waals surface area contributed by atoms with E-state index in [4.69, 9.17) is 9.15 Å². The van der Waals surface area contributed by atoms with Crippen LogP contribution in [-0.4, -0.2) is 24.5 Å². The fraction of sp³-hybridized carbons (Fsp3) is 0.300. The molecule has 0 bridgehead atoms. The predicted molar refractivity (Wildman–Crippen MR) is 96.8 cm³/mol. The van der Waals surface area contributed by atoms with Crippen LogP contribution in [0.4, 0.5) is 0 Å². The second kappa shape index (κ2) is 7.83. The lowest BCUT2D eigenvalue weighted by atomic mass is 10.1. The first kappa shape index (κ1) is 17.0. The van der Waals surface area contributed by atoms with E-state index in [1.165, 1.54) is 0 Å². The van der Waals surface area contributed by atoms with Crippen molar-refractivity contribution in [3.63, 3.8) is 0 Å². The molecule has 2 aromatic carbocycles. The minimum Gasteiger partial charge on any atom is -0.497 e. The Balaban J connectivity index is 1.43. The number of hydrogen-bond acceptors (Lipinski definition) is 4. The summed E-state index contributed by atoms with van der Waals surface area (Å²) in [5.74, 6) is 1.55. The Morgan fingerprint density at radius 3 is 2.64 bits per heavy atom. The van der Waals surface area contributed by atoms with Crippen LogP contribution in [0, 0.1) is 6.92 Å². The topological polar surface area (TPSA) is 64.4 Å². The molecule has 0 spiro atoms. The van der Waals surface area contributed by atoms with Crippen molar-refractivity contribution in [2.75, 3.05) is 13.7 Å². The molecule has 0 radical (unpaired) electrons. The molecule has 25 heavy (non-hydrogen) atoms. The Morgan fingerprint density at radius 2 is 1.88 bits per heavy atom. The van der Waals surface area contributed by atoms with Crippen LogP contribution in [0.1, 0.15) is 23.4 Å². The molecule has 0 saturated carbocycles. The van der Waals surface area contributed by atoms with E-state index in [1.807, 2.05) is 49.4 Å². The maximum absolute atomic E-state index is 12.0. The van der Waals surface area contributed by atoms with Crippen molar-refractivity contribution in [3.8, 4) is 5.75 Å². The molecule has 0 fully saturated rings. The average Bonchev–Trinajstić information content (AvgIpc) is 2.99. The summed E-state index contributed by atoms with van der Waals surface area (Å²) in [4.78, 5) is 16.3. The van der Waals surface area contributed by atoms with Crippen LogP contribution in [0.5, 0.6) is 5.75 Å². The van der Waals surface area contributed by atoms with E-state index < -0.39 is 0 Å². The number of nitrogens with one attached hydrogen (secondary N) is 1. The summed E-state index contributed by atoms with van der Waals surface area (Å²) >= 11 is 0. The van der Waals surface area contributed by atoms with Crippen LogP contribution in [0.25, 0.3) is 11.1 Å². The molecule has 1 aromatic heterocycles. The van der Waals surface area contributed by atoms with Crippen molar-refractivity contribution in [2.45, 2.75) is 26.2 Å². The van der Waals surface area contributed by atoms with E-state index >= 15 is 0 Å². The van der Waals surface area contributed by atoms with Gasteiger partial charge in [0.15, 0.2) is 11.5 Å². The van der Waals surface area contributed by atoms with E-state index in [2.05, 4.69) is 10.3 Å². The van der Waals surface area contributed by atoms with Crippen LogP contribution in [0.3, 0.4) is 0 Å². The molecule has 0 aliphatic rings. The van der Waals surface area contributed by atoms with Crippen LogP contribution < -0.4 is 10.1 Å². The van der Waals surface area contributed by atoms with Crippen molar-refractivity contribution < 1.29 is 13.9 Å². The number of benzene rings is 2. The summed E-state index contributed by atoms with van der Waals surface area (Å²) in [6.07, 6.45) is 1.97. The normalized spacial score (nSPS) is 10.8. The van der Waals surface area contributed by atoms with Crippen molar-refractivity contribution >= 4 is 17.0 Å². The van der Waals surface area contributed by atoms with Crippen molar-refractivity contribution in [1.29, 1.82) is 0 Å². The maximum atomic E-state index is 12.0. The molecule has 5 nitrogen and oxygen atoms in total. The van der Waals surface area contributed by atoms with Gasteiger partial charge in [0, 0.05) is 19.9 Å². The lowest BCUT2D eigenvalue weighted by Gasteiger charge is -2.06. The molecule has 1 amide bonds. The van der Waals surface area contributed by atoms with Crippen LogP contribution in [-0.2, 0) is 17.6 Å². The number of carbonyl (C=O) groups excluding carboxylic acids is 1. The predicted octanol–water partition coefficient (Wildman–Crippen LogP) is 3.44. The zero-order valence-corrected chi connectivity index (χ0v) is 14.5. The monoisotopic (exact) mass is 338 g/mol. The van der Waals surface area contributed by atoms with Gasteiger partial charge in [0.05, 0.1) is 7.11 Å². The zero-order chi connectivity index (χ0) is 17.6. The number of fused-ring (bicyclic) bond motifs is 1. The highest BCUT2D eigenvalue weighted by Gasteiger charge is 2.05. The average molecular weight is 338 g/mol. The van der Waals surface area contributed by atoms with Gasteiger partial charge in [-0.3, -0.25) is 4.79 Å². The number of aryl methyl sites for hydroxylation is 2. The third-order valence-corrected chi connectivity index (χ3v) is 4.10. The molecule has 1 N–H and O–H groups in total. The number of methoxy groups -OCH3 is 1. The Labute approximate surface area is 147 Å². The number of aromatic nitrogens is 1. The summed E-state index contributed by atoms with van der Waals surface area (Å²) in [5.41, 5.74) is 3.91. The number of ether oxygens (including phenoxy) is 1. The number of carbonyl (C=O) groups is 1. The zero-order valence-electron chi connectivity index (χ0n) is 14.5. The van der Waals surface area contributed by atoms with Crippen molar-refractivity contribution in [1.82, 2.24) is 10.3 Å². The van der Waals surface area contributed by atoms with E-state index in [0.717, 1.165) is 40.8 Å². The fourth-order valence-corrected chi connectivity index (χ4v) is 2.72. The minimum atomic E-state index is 0.0624. The second-order valence-electron chi connectivity index (χ2n) is 5.98. The van der Waals surface area contributed by atoms with Gasteiger partial charge in [0.25, 0.3) is 0 Å². The highest BCUT2D eigenvalue weighted by molar-refractivity contribution is 5.76. The Kier molecular flexibility index (Phi) is 5.33. The first-order valence-corrected chi connectivity index (χ1v) is 8.40. The highest BCUT2D eigenvalue weighted by atomic mass is 16.5. The van der Waals surface area contributed by atoms with Gasteiger partial charge in [-0.15, -0.1) is 0 Å². The summed E-state index contributed by atoms with van der Waals surface area (Å²) in [7, 11) is 1.64. The molecule has 130 valence electrons. The number of nitrogens with zero attached hydrogens (tertiary/aromatic N) is 1. The van der Waals surface area contributed by atoms with Gasteiger partial charge in [-0.05, 0) is 48.2 Å². The Bertz CT molecular complexity index is 853. The standard InChI is InChI=1S/C20H22N2O3/c1-14-22-18-9-5-16(13-19(18)25-14)11-12-21-20(23)10-6-15-3-7-17(24-2)8-4-15/h3-5,7-9,13H,6,10-12H2,1-2H3,(H,21,23). The number of oxazole rings is 1.